The summed E-state index contributed by atoms with van der Waals surface area (Å²) in [6, 6.07) is 12.9. The lowest BCUT2D eigenvalue weighted by molar-refractivity contribution is 0.281. The van der Waals surface area contributed by atoms with E-state index in [-0.39, 0.29) is 11.5 Å². The van der Waals surface area contributed by atoms with Gasteiger partial charge < -0.3 is 9.84 Å². The Balaban J connectivity index is 2.26. The van der Waals surface area contributed by atoms with Gasteiger partial charge in [0.15, 0.2) is 0 Å². The molecule has 0 bridgehead atoms. The first-order valence-electron chi connectivity index (χ1n) is 6.50. The summed E-state index contributed by atoms with van der Waals surface area (Å²) < 4.78 is 32.4. The molecule has 2 aromatic carbocycles. The van der Waals surface area contributed by atoms with Crippen LogP contribution in [-0.2, 0) is 16.6 Å². The van der Waals surface area contributed by atoms with E-state index in [4.69, 9.17) is 9.84 Å². The fourth-order valence-electron chi connectivity index (χ4n) is 1.84. The second kappa shape index (κ2) is 6.60. The van der Waals surface area contributed by atoms with Crippen molar-refractivity contribution in [3.63, 3.8) is 0 Å². The molecular formula is C15H17NO4S. The number of ether oxygens (including phenoxy) is 1. The van der Waals surface area contributed by atoms with Crippen molar-refractivity contribution in [2.24, 2.45) is 0 Å². The molecule has 0 radical (unpaired) electrons. The van der Waals surface area contributed by atoms with E-state index in [9.17, 15) is 8.42 Å². The lowest BCUT2D eigenvalue weighted by Gasteiger charge is -2.10. The molecule has 6 heteroatoms. The Labute approximate surface area is 124 Å². The highest BCUT2D eigenvalue weighted by Gasteiger charge is 2.14. The number of benzene rings is 2. The molecule has 0 fully saturated rings. The summed E-state index contributed by atoms with van der Waals surface area (Å²) in [7, 11) is -3.69. The molecule has 0 aromatic heterocycles. The second-order valence-corrected chi connectivity index (χ2v) is 6.05. The van der Waals surface area contributed by atoms with Gasteiger partial charge in [-0.1, -0.05) is 18.2 Å². The van der Waals surface area contributed by atoms with E-state index in [1.54, 1.807) is 36.4 Å². The van der Waals surface area contributed by atoms with Gasteiger partial charge in [0.2, 0.25) is 0 Å². The van der Waals surface area contributed by atoms with Crippen molar-refractivity contribution in [1.29, 1.82) is 0 Å². The minimum Gasteiger partial charge on any atom is -0.494 e. The van der Waals surface area contributed by atoms with Gasteiger partial charge in [0.25, 0.3) is 10.0 Å². The van der Waals surface area contributed by atoms with Gasteiger partial charge in [-0.3, -0.25) is 4.72 Å². The molecule has 21 heavy (non-hydrogen) atoms. The van der Waals surface area contributed by atoms with Crippen LogP contribution in [0.1, 0.15) is 12.5 Å². The number of hydrogen-bond acceptors (Lipinski definition) is 4. The zero-order valence-electron chi connectivity index (χ0n) is 11.6. The van der Waals surface area contributed by atoms with Crippen LogP contribution in [0.2, 0.25) is 0 Å². The van der Waals surface area contributed by atoms with Crippen LogP contribution in [0.3, 0.4) is 0 Å². The zero-order chi connectivity index (χ0) is 15.3. The largest absolute Gasteiger partial charge is 0.494 e. The normalized spacial score (nSPS) is 11.1. The van der Waals surface area contributed by atoms with Crippen molar-refractivity contribution in [2.75, 3.05) is 11.3 Å². The minimum absolute atomic E-state index is 0.107. The Kier molecular flexibility index (Phi) is 4.82. The van der Waals surface area contributed by atoms with Gasteiger partial charge in [-0.2, -0.15) is 0 Å². The van der Waals surface area contributed by atoms with E-state index in [1.165, 1.54) is 12.1 Å². The second-order valence-electron chi connectivity index (χ2n) is 4.37. The van der Waals surface area contributed by atoms with Gasteiger partial charge in [-0.05, 0) is 36.8 Å². The van der Waals surface area contributed by atoms with Gasteiger partial charge in [0.05, 0.1) is 23.8 Å². The summed E-state index contributed by atoms with van der Waals surface area (Å²) >= 11 is 0. The maximum absolute atomic E-state index is 12.3. The van der Waals surface area contributed by atoms with Crippen LogP contribution in [0.5, 0.6) is 5.75 Å². The molecule has 112 valence electrons. The van der Waals surface area contributed by atoms with Crippen molar-refractivity contribution in [1.82, 2.24) is 0 Å². The maximum Gasteiger partial charge on any atom is 0.261 e. The molecule has 0 atom stereocenters. The molecule has 0 aliphatic rings. The summed E-state index contributed by atoms with van der Waals surface area (Å²) in [5, 5.41) is 9.08. The summed E-state index contributed by atoms with van der Waals surface area (Å²) in [4.78, 5) is 0.107. The minimum atomic E-state index is -3.69. The number of rotatable bonds is 6. The fourth-order valence-corrected chi connectivity index (χ4v) is 2.96. The highest BCUT2D eigenvalue weighted by Crippen LogP contribution is 2.21. The van der Waals surface area contributed by atoms with Gasteiger partial charge in [-0.15, -0.1) is 0 Å². The van der Waals surface area contributed by atoms with Gasteiger partial charge in [0.1, 0.15) is 5.75 Å². The van der Waals surface area contributed by atoms with E-state index in [2.05, 4.69) is 4.72 Å². The van der Waals surface area contributed by atoms with Crippen LogP contribution in [0.4, 0.5) is 5.69 Å². The molecule has 2 N–H and O–H groups in total. The third-order valence-electron chi connectivity index (χ3n) is 2.79. The highest BCUT2D eigenvalue weighted by atomic mass is 32.2. The molecule has 0 spiro atoms. The van der Waals surface area contributed by atoms with Crippen LogP contribution in [0.25, 0.3) is 0 Å². The number of nitrogens with one attached hydrogen (secondary N) is 1. The van der Waals surface area contributed by atoms with E-state index >= 15 is 0 Å². The van der Waals surface area contributed by atoms with E-state index in [0.717, 1.165) is 0 Å². The van der Waals surface area contributed by atoms with Crippen molar-refractivity contribution >= 4 is 15.7 Å². The third-order valence-corrected chi connectivity index (χ3v) is 4.17. The average molecular weight is 307 g/mol. The molecule has 0 aliphatic carbocycles. The van der Waals surface area contributed by atoms with Crippen molar-refractivity contribution in [3.8, 4) is 5.75 Å². The number of aliphatic hydroxyl groups is 1. The first-order valence-corrected chi connectivity index (χ1v) is 7.99. The van der Waals surface area contributed by atoms with Crippen LogP contribution in [0.15, 0.2) is 53.4 Å². The number of sulfonamides is 1. The SMILES string of the molecule is CCOc1cccc(NS(=O)(=O)c2cccc(CO)c2)c1. The molecule has 0 saturated carbocycles. The molecule has 0 heterocycles. The summed E-state index contributed by atoms with van der Waals surface area (Å²) in [5.74, 6) is 0.599. The van der Waals surface area contributed by atoms with E-state index < -0.39 is 10.0 Å². The van der Waals surface area contributed by atoms with Gasteiger partial charge >= 0.3 is 0 Å². The van der Waals surface area contributed by atoms with Gasteiger partial charge in [-0.25, -0.2) is 8.42 Å². The fraction of sp³-hybridized carbons (Fsp3) is 0.200. The maximum atomic E-state index is 12.3. The third kappa shape index (κ3) is 3.96. The first-order chi connectivity index (χ1) is 10.0. The number of hydrogen-bond donors (Lipinski definition) is 2. The Morgan fingerprint density at radius 2 is 1.90 bits per heavy atom. The van der Waals surface area contributed by atoms with Crippen molar-refractivity contribution in [3.05, 3.63) is 54.1 Å². The Hall–Kier alpha value is -2.05. The number of aliphatic hydroxyl groups excluding tert-OH is 1. The van der Waals surface area contributed by atoms with Gasteiger partial charge in [0, 0.05) is 6.07 Å². The average Bonchev–Trinajstić information content (AvgIpc) is 2.47. The summed E-state index contributed by atoms with van der Waals surface area (Å²) in [6.45, 7) is 2.16. The first kappa shape index (κ1) is 15.3. The summed E-state index contributed by atoms with van der Waals surface area (Å²) in [5.41, 5.74) is 0.969. The lowest BCUT2D eigenvalue weighted by atomic mass is 10.2. The molecule has 0 amide bonds. The quantitative estimate of drug-likeness (QED) is 0.859. The lowest BCUT2D eigenvalue weighted by Crippen LogP contribution is -2.13. The molecule has 0 unspecified atom stereocenters. The Morgan fingerprint density at radius 1 is 1.14 bits per heavy atom. The molecule has 0 aliphatic heterocycles. The van der Waals surface area contributed by atoms with Crippen LogP contribution >= 0.6 is 0 Å². The predicted octanol–water partition coefficient (Wildman–Crippen LogP) is 2.38. The standard InChI is InChI=1S/C15H17NO4S/c1-2-20-14-7-4-6-13(10-14)16-21(18,19)15-8-3-5-12(9-15)11-17/h3-10,16-17H,2,11H2,1H3. The predicted molar refractivity (Wildman–Crippen MR) is 80.8 cm³/mol. The van der Waals surface area contributed by atoms with Crippen molar-refractivity contribution < 1.29 is 18.3 Å². The van der Waals surface area contributed by atoms with E-state index in [0.29, 0.717) is 23.6 Å². The topological polar surface area (TPSA) is 75.6 Å². The number of anilines is 1. The smallest absolute Gasteiger partial charge is 0.261 e. The van der Waals surface area contributed by atoms with Crippen molar-refractivity contribution in [2.45, 2.75) is 18.4 Å². The van der Waals surface area contributed by atoms with Crippen LogP contribution < -0.4 is 9.46 Å². The zero-order valence-corrected chi connectivity index (χ0v) is 12.4. The van der Waals surface area contributed by atoms with Crippen LogP contribution in [-0.4, -0.2) is 20.1 Å². The van der Waals surface area contributed by atoms with E-state index in [1.807, 2.05) is 6.92 Å². The molecule has 2 rings (SSSR count). The molecular weight excluding hydrogens is 290 g/mol. The Bertz CT molecular complexity index is 713. The molecule has 0 saturated heterocycles. The highest BCUT2D eigenvalue weighted by molar-refractivity contribution is 7.92. The Morgan fingerprint density at radius 3 is 2.62 bits per heavy atom. The van der Waals surface area contributed by atoms with Crippen LogP contribution in [0, 0.1) is 0 Å². The molecule has 2 aromatic rings. The monoisotopic (exact) mass is 307 g/mol. The summed E-state index contributed by atoms with van der Waals surface area (Å²) in [6.07, 6.45) is 0. The molecule has 5 nitrogen and oxygen atoms in total.